The van der Waals surface area contributed by atoms with Crippen molar-refractivity contribution < 1.29 is 19.4 Å². The SMILES string of the molecule is COCCOc1nc(C)c(Br)cc1C(=O)O. The van der Waals surface area contributed by atoms with E-state index >= 15 is 0 Å². The molecule has 1 aromatic rings. The average molecular weight is 290 g/mol. The molecule has 1 N–H and O–H groups in total. The highest BCUT2D eigenvalue weighted by molar-refractivity contribution is 9.10. The van der Waals surface area contributed by atoms with Crippen LogP contribution in [0.25, 0.3) is 0 Å². The first-order valence-corrected chi connectivity index (χ1v) is 5.37. The maximum absolute atomic E-state index is 10.9. The number of hydrogen-bond acceptors (Lipinski definition) is 4. The van der Waals surface area contributed by atoms with Gasteiger partial charge >= 0.3 is 5.97 Å². The standard InChI is InChI=1S/C10H12BrNO4/c1-6-8(11)5-7(10(13)14)9(12-6)16-4-3-15-2/h5H,3-4H2,1-2H3,(H,13,14). The molecule has 0 bridgehead atoms. The van der Waals surface area contributed by atoms with Crippen molar-refractivity contribution in [3.05, 3.63) is 21.8 Å². The average Bonchev–Trinajstić information content (AvgIpc) is 2.23. The van der Waals surface area contributed by atoms with Gasteiger partial charge in [-0.1, -0.05) is 0 Å². The Hall–Kier alpha value is -1.14. The Balaban J connectivity index is 2.95. The van der Waals surface area contributed by atoms with Crippen molar-refractivity contribution in [1.82, 2.24) is 4.98 Å². The molecule has 0 saturated heterocycles. The van der Waals surface area contributed by atoms with E-state index in [-0.39, 0.29) is 18.1 Å². The number of halogens is 1. The number of carboxylic acid groups (broad SMARTS) is 1. The minimum Gasteiger partial charge on any atom is -0.477 e. The van der Waals surface area contributed by atoms with Crippen LogP contribution in [0.2, 0.25) is 0 Å². The van der Waals surface area contributed by atoms with Gasteiger partial charge in [-0.25, -0.2) is 9.78 Å². The maximum atomic E-state index is 10.9. The van der Waals surface area contributed by atoms with Crippen LogP contribution < -0.4 is 4.74 Å². The lowest BCUT2D eigenvalue weighted by Gasteiger charge is -2.09. The Morgan fingerprint density at radius 2 is 2.25 bits per heavy atom. The van der Waals surface area contributed by atoms with Gasteiger partial charge in [-0.2, -0.15) is 0 Å². The lowest BCUT2D eigenvalue weighted by Crippen LogP contribution is -2.10. The van der Waals surface area contributed by atoms with Crippen molar-refractivity contribution in [2.75, 3.05) is 20.3 Å². The summed E-state index contributed by atoms with van der Waals surface area (Å²) in [6, 6.07) is 1.48. The van der Waals surface area contributed by atoms with Crippen LogP contribution in [0, 0.1) is 6.92 Å². The fraction of sp³-hybridized carbons (Fsp3) is 0.400. The molecule has 88 valence electrons. The zero-order valence-electron chi connectivity index (χ0n) is 8.99. The summed E-state index contributed by atoms with van der Waals surface area (Å²) in [7, 11) is 1.54. The normalized spacial score (nSPS) is 10.2. The van der Waals surface area contributed by atoms with E-state index in [0.29, 0.717) is 16.8 Å². The van der Waals surface area contributed by atoms with Crippen molar-refractivity contribution in [2.45, 2.75) is 6.92 Å². The van der Waals surface area contributed by atoms with Crippen LogP contribution in [-0.2, 0) is 4.74 Å². The minimum atomic E-state index is -1.07. The van der Waals surface area contributed by atoms with Gasteiger partial charge in [-0.05, 0) is 28.9 Å². The van der Waals surface area contributed by atoms with E-state index < -0.39 is 5.97 Å². The van der Waals surface area contributed by atoms with Gasteiger partial charge in [0.25, 0.3) is 0 Å². The number of carbonyl (C=O) groups is 1. The van der Waals surface area contributed by atoms with Crippen molar-refractivity contribution in [1.29, 1.82) is 0 Å². The molecule has 16 heavy (non-hydrogen) atoms. The Morgan fingerprint density at radius 3 is 2.81 bits per heavy atom. The number of methoxy groups -OCH3 is 1. The smallest absolute Gasteiger partial charge is 0.341 e. The number of aromatic nitrogens is 1. The molecular formula is C10H12BrNO4. The predicted octanol–water partition coefficient (Wildman–Crippen LogP) is 1.88. The van der Waals surface area contributed by atoms with Crippen LogP contribution in [0.5, 0.6) is 5.88 Å². The largest absolute Gasteiger partial charge is 0.477 e. The van der Waals surface area contributed by atoms with E-state index in [9.17, 15) is 4.79 Å². The molecule has 0 fully saturated rings. The van der Waals surface area contributed by atoms with Gasteiger partial charge in [0, 0.05) is 11.6 Å². The van der Waals surface area contributed by atoms with Crippen molar-refractivity contribution in [2.24, 2.45) is 0 Å². The number of pyridine rings is 1. The Bertz CT molecular complexity index is 395. The molecule has 1 heterocycles. The molecule has 0 radical (unpaired) electrons. The molecule has 0 aromatic carbocycles. The zero-order chi connectivity index (χ0) is 12.1. The second-order valence-corrected chi connectivity index (χ2v) is 3.91. The summed E-state index contributed by atoms with van der Waals surface area (Å²) in [5, 5.41) is 8.97. The quantitative estimate of drug-likeness (QED) is 0.838. The molecule has 0 saturated carbocycles. The van der Waals surface area contributed by atoms with Gasteiger partial charge in [0.2, 0.25) is 5.88 Å². The molecule has 1 rings (SSSR count). The van der Waals surface area contributed by atoms with E-state index in [2.05, 4.69) is 20.9 Å². The number of aromatic carboxylic acids is 1. The monoisotopic (exact) mass is 289 g/mol. The summed E-state index contributed by atoms with van der Waals surface area (Å²) < 4.78 is 10.7. The molecule has 1 aromatic heterocycles. The second kappa shape index (κ2) is 5.81. The first-order valence-electron chi connectivity index (χ1n) is 4.58. The molecule has 0 amide bonds. The first kappa shape index (κ1) is 12.9. The summed E-state index contributed by atoms with van der Waals surface area (Å²) in [6.45, 7) is 2.42. The Labute approximate surface area is 102 Å². The Morgan fingerprint density at radius 1 is 1.56 bits per heavy atom. The lowest BCUT2D eigenvalue weighted by molar-refractivity contribution is 0.0688. The maximum Gasteiger partial charge on any atom is 0.341 e. The molecule has 0 spiro atoms. The van der Waals surface area contributed by atoms with Crippen molar-refractivity contribution in [3.63, 3.8) is 0 Å². The minimum absolute atomic E-state index is 0.0357. The van der Waals surface area contributed by atoms with Gasteiger partial charge in [0.05, 0.1) is 12.3 Å². The molecular weight excluding hydrogens is 278 g/mol. The van der Waals surface area contributed by atoms with Crippen molar-refractivity contribution in [3.8, 4) is 5.88 Å². The summed E-state index contributed by atoms with van der Waals surface area (Å²) in [4.78, 5) is 15.0. The number of nitrogens with zero attached hydrogens (tertiary/aromatic N) is 1. The van der Waals surface area contributed by atoms with E-state index in [4.69, 9.17) is 14.6 Å². The number of rotatable bonds is 5. The van der Waals surface area contributed by atoms with Crippen LogP contribution in [-0.4, -0.2) is 36.4 Å². The summed E-state index contributed by atoms with van der Waals surface area (Å²) in [6.07, 6.45) is 0. The molecule has 0 unspecified atom stereocenters. The van der Waals surface area contributed by atoms with Gasteiger partial charge in [0.1, 0.15) is 12.2 Å². The van der Waals surface area contributed by atoms with Gasteiger partial charge in [-0.15, -0.1) is 0 Å². The third kappa shape index (κ3) is 3.18. The number of carboxylic acids is 1. The third-order valence-electron chi connectivity index (χ3n) is 1.87. The van der Waals surface area contributed by atoms with Crippen LogP contribution in [0.15, 0.2) is 10.5 Å². The lowest BCUT2D eigenvalue weighted by atomic mass is 10.2. The van der Waals surface area contributed by atoms with E-state index in [1.807, 2.05) is 0 Å². The fourth-order valence-corrected chi connectivity index (χ4v) is 1.36. The van der Waals surface area contributed by atoms with Crippen LogP contribution >= 0.6 is 15.9 Å². The van der Waals surface area contributed by atoms with E-state index in [1.54, 1.807) is 14.0 Å². The molecule has 0 aliphatic rings. The van der Waals surface area contributed by atoms with Gasteiger partial charge in [0.15, 0.2) is 0 Å². The summed E-state index contributed by atoms with van der Waals surface area (Å²) >= 11 is 3.22. The van der Waals surface area contributed by atoms with Crippen molar-refractivity contribution >= 4 is 21.9 Å². The Kier molecular flexibility index (Phi) is 4.70. The molecule has 0 aliphatic heterocycles. The van der Waals surface area contributed by atoms with E-state index in [0.717, 1.165) is 0 Å². The first-order chi connectivity index (χ1) is 7.56. The molecule has 0 atom stereocenters. The number of aryl methyl sites for hydroxylation is 1. The highest BCUT2D eigenvalue weighted by atomic mass is 79.9. The molecule has 6 heteroatoms. The molecule has 0 aliphatic carbocycles. The zero-order valence-corrected chi connectivity index (χ0v) is 10.6. The van der Waals surface area contributed by atoms with E-state index in [1.165, 1.54) is 6.07 Å². The third-order valence-corrected chi connectivity index (χ3v) is 2.68. The predicted molar refractivity (Wildman–Crippen MR) is 61.0 cm³/mol. The van der Waals surface area contributed by atoms with Gasteiger partial charge < -0.3 is 14.6 Å². The number of ether oxygens (including phenoxy) is 2. The topological polar surface area (TPSA) is 68.7 Å². The van der Waals surface area contributed by atoms with Crippen LogP contribution in [0.1, 0.15) is 16.1 Å². The van der Waals surface area contributed by atoms with Crippen LogP contribution in [0.4, 0.5) is 0 Å². The summed E-state index contributed by atoms with van der Waals surface area (Å²) in [5.41, 5.74) is 0.714. The fourth-order valence-electron chi connectivity index (χ4n) is 1.04. The van der Waals surface area contributed by atoms with Gasteiger partial charge in [-0.3, -0.25) is 0 Å². The number of hydrogen-bond donors (Lipinski definition) is 1. The molecule has 5 nitrogen and oxygen atoms in total. The van der Waals surface area contributed by atoms with Crippen LogP contribution in [0.3, 0.4) is 0 Å². The second-order valence-electron chi connectivity index (χ2n) is 3.05. The highest BCUT2D eigenvalue weighted by Gasteiger charge is 2.15. The summed E-state index contributed by atoms with van der Waals surface area (Å²) in [5.74, 6) is -0.953. The highest BCUT2D eigenvalue weighted by Crippen LogP contribution is 2.23.